The van der Waals surface area contributed by atoms with E-state index in [4.69, 9.17) is 26.8 Å². The number of carbonyl (C=O) groups excluding carboxylic acids is 1. The number of carboxylic acids is 3. The van der Waals surface area contributed by atoms with Crippen molar-refractivity contribution in [2.75, 3.05) is 0 Å². The Morgan fingerprint density at radius 1 is 1.10 bits per heavy atom. The molecule has 11 heteroatoms. The normalized spacial score (nSPS) is 16.0. The summed E-state index contributed by atoms with van der Waals surface area (Å²) in [6.45, 7) is 0. The molecular formula is C20H15NO8S2. The number of thioether (sulfide) groups is 1. The Morgan fingerprint density at radius 3 is 2.35 bits per heavy atom. The van der Waals surface area contributed by atoms with Crippen LogP contribution in [-0.4, -0.2) is 54.4 Å². The molecule has 31 heavy (non-hydrogen) atoms. The van der Waals surface area contributed by atoms with E-state index < -0.39 is 36.3 Å². The number of aliphatic carboxylic acids is 2. The first-order valence-corrected chi connectivity index (χ1v) is 10.0. The number of rotatable bonds is 8. The molecule has 1 amide bonds. The van der Waals surface area contributed by atoms with Crippen LogP contribution in [0.1, 0.15) is 29.0 Å². The van der Waals surface area contributed by atoms with E-state index in [-0.39, 0.29) is 21.2 Å². The van der Waals surface area contributed by atoms with Gasteiger partial charge in [-0.05, 0) is 30.7 Å². The Balaban J connectivity index is 1.80. The summed E-state index contributed by atoms with van der Waals surface area (Å²) in [5.74, 6) is -3.44. The minimum absolute atomic E-state index is 0.0186. The Morgan fingerprint density at radius 2 is 1.77 bits per heavy atom. The van der Waals surface area contributed by atoms with Gasteiger partial charge in [0.1, 0.15) is 21.9 Å². The third kappa shape index (κ3) is 5.01. The average molecular weight is 461 g/mol. The van der Waals surface area contributed by atoms with E-state index in [0.717, 1.165) is 16.7 Å². The molecule has 1 saturated heterocycles. The fourth-order valence-electron chi connectivity index (χ4n) is 2.86. The number of furan rings is 1. The standard InChI is InChI=1S/C20H15NO8S2/c22-16(23)8-6-13(19(27)28)21-17(24)15(31-20(21)30)9-12-5-7-14(29-12)10-1-3-11(4-2-10)18(25)26/h1-5,7,9,13H,6,8H2,(H,22,23)(H,25,26)(H,27,28)/b15-9-. The highest BCUT2D eigenvalue weighted by atomic mass is 32.2. The molecule has 3 rings (SSSR count). The molecule has 1 aromatic carbocycles. The van der Waals surface area contributed by atoms with Crippen LogP contribution in [0.5, 0.6) is 0 Å². The van der Waals surface area contributed by atoms with Crippen molar-refractivity contribution in [2.45, 2.75) is 18.9 Å². The zero-order valence-electron chi connectivity index (χ0n) is 15.7. The lowest BCUT2D eigenvalue weighted by atomic mass is 10.1. The fourth-order valence-corrected chi connectivity index (χ4v) is 4.20. The highest BCUT2D eigenvalue weighted by Crippen LogP contribution is 2.35. The Kier molecular flexibility index (Phi) is 6.56. The molecule has 1 aliphatic heterocycles. The van der Waals surface area contributed by atoms with Crippen LogP contribution in [0.4, 0.5) is 0 Å². The summed E-state index contributed by atoms with van der Waals surface area (Å²) in [6, 6.07) is 7.93. The van der Waals surface area contributed by atoms with Crippen molar-refractivity contribution in [1.29, 1.82) is 0 Å². The monoisotopic (exact) mass is 461 g/mol. The van der Waals surface area contributed by atoms with Crippen LogP contribution in [0, 0.1) is 0 Å². The maximum absolute atomic E-state index is 12.7. The molecule has 0 aliphatic carbocycles. The second-order valence-corrected chi connectivity index (χ2v) is 8.10. The maximum Gasteiger partial charge on any atom is 0.335 e. The molecule has 0 bridgehead atoms. The van der Waals surface area contributed by atoms with Gasteiger partial charge in [-0.1, -0.05) is 36.1 Å². The average Bonchev–Trinajstić information content (AvgIpc) is 3.28. The molecule has 3 N–H and O–H groups in total. The number of nitrogens with zero attached hydrogens (tertiary/aromatic N) is 1. The molecule has 2 aromatic rings. The summed E-state index contributed by atoms with van der Waals surface area (Å²) < 4.78 is 5.71. The zero-order chi connectivity index (χ0) is 22.7. The molecule has 160 valence electrons. The molecule has 0 spiro atoms. The molecule has 9 nitrogen and oxygen atoms in total. The zero-order valence-corrected chi connectivity index (χ0v) is 17.3. The van der Waals surface area contributed by atoms with E-state index >= 15 is 0 Å². The van der Waals surface area contributed by atoms with E-state index in [9.17, 15) is 24.3 Å². The SMILES string of the molecule is O=C(O)CCC(C(=O)O)N1C(=O)/C(=C/c2ccc(-c3ccc(C(=O)O)cc3)o2)SC1=S. The largest absolute Gasteiger partial charge is 0.481 e. The lowest BCUT2D eigenvalue weighted by Gasteiger charge is -2.22. The molecule has 2 heterocycles. The molecule has 1 atom stereocenters. The van der Waals surface area contributed by atoms with Crippen molar-refractivity contribution in [3.8, 4) is 11.3 Å². The summed E-state index contributed by atoms with van der Waals surface area (Å²) in [5.41, 5.74) is 0.770. The summed E-state index contributed by atoms with van der Waals surface area (Å²) in [7, 11) is 0. The van der Waals surface area contributed by atoms with Gasteiger partial charge >= 0.3 is 17.9 Å². The number of benzene rings is 1. The number of carbonyl (C=O) groups is 4. The van der Waals surface area contributed by atoms with E-state index in [1.165, 1.54) is 18.2 Å². The summed E-state index contributed by atoms with van der Waals surface area (Å²) in [5, 5.41) is 27.2. The van der Waals surface area contributed by atoms with Crippen LogP contribution < -0.4 is 0 Å². The molecule has 1 aliphatic rings. The van der Waals surface area contributed by atoms with Crippen molar-refractivity contribution in [3.63, 3.8) is 0 Å². The number of amides is 1. The van der Waals surface area contributed by atoms with Gasteiger partial charge in [0.25, 0.3) is 5.91 Å². The van der Waals surface area contributed by atoms with Gasteiger partial charge in [0.15, 0.2) is 0 Å². The van der Waals surface area contributed by atoms with Gasteiger partial charge < -0.3 is 19.7 Å². The second kappa shape index (κ2) is 9.14. The minimum Gasteiger partial charge on any atom is -0.481 e. The number of hydrogen-bond acceptors (Lipinski definition) is 7. The first kappa shape index (κ1) is 22.2. The predicted octanol–water partition coefficient (Wildman–Crippen LogP) is 3.16. The maximum atomic E-state index is 12.7. The highest BCUT2D eigenvalue weighted by Gasteiger charge is 2.40. The lowest BCUT2D eigenvalue weighted by Crippen LogP contribution is -2.44. The number of hydrogen-bond donors (Lipinski definition) is 3. The predicted molar refractivity (Wildman–Crippen MR) is 114 cm³/mol. The molecule has 1 fully saturated rings. The molecule has 0 saturated carbocycles. The van der Waals surface area contributed by atoms with Crippen LogP contribution in [-0.2, 0) is 14.4 Å². The van der Waals surface area contributed by atoms with Gasteiger partial charge in [0.2, 0.25) is 0 Å². The number of aromatic carboxylic acids is 1. The van der Waals surface area contributed by atoms with E-state index in [1.54, 1.807) is 24.3 Å². The van der Waals surface area contributed by atoms with Gasteiger partial charge in [-0.25, -0.2) is 9.59 Å². The van der Waals surface area contributed by atoms with Gasteiger partial charge in [-0.3, -0.25) is 14.5 Å². The third-order valence-corrected chi connectivity index (χ3v) is 5.70. The van der Waals surface area contributed by atoms with Crippen LogP contribution in [0.2, 0.25) is 0 Å². The number of thiocarbonyl (C=S) groups is 1. The van der Waals surface area contributed by atoms with Crippen LogP contribution in [0.3, 0.4) is 0 Å². The van der Waals surface area contributed by atoms with Crippen LogP contribution in [0.25, 0.3) is 17.4 Å². The van der Waals surface area contributed by atoms with Gasteiger partial charge in [0, 0.05) is 18.1 Å². The van der Waals surface area contributed by atoms with Gasteiger partial charge in [-0.2, -0.15) is 0 Å². The molecule has 1 aromatic heterocycles. The molecular weight excluding hydrogens is 446 g/mol. The highest BCUT2D eigenvalue weighted by molar-refractivity contribution is 8.26. The van der Waals surface area contributed by atoms with Gasteiger partial charge in [0.05, 0.1) is 10.5 Å². The Hall–Kier alpha value is -3.44. The topological polar surface area (TPSA) is 145 Å². The number of carboxylic acid groups (broad SMARTS) is 3. The Labute approximate surface area is 185 Å². The molecule has 0 radical (unpaired) electrons. The van der Waals surface area contributed by atoms with Crippen molar-refractivity contribution < 1.29 is 38.9 Å². The van der Waals surface area contributed by atoms with Crippen molar-refractivity contribution in [3.05, 3.63) is 52.6 Å². The van der Waals surface area contributed by atoms with Crippen LogP contribution >= 0.6 is 24.0 Å². The lowest BCUT2D eigenvalue weighted by molar-refractivity contribution is -0.146. The van der Waals surface area contributed by atoms with E-state index in [1.807, 2.05) is 0 Å². The first-order valence-electron chi connectivity index (χ1n) is 8.82. The van der Waals surface area contributed by atoms with Crippen LogP contribution in [0.15, 0.2) is 45.7 Å². The summed E-state index contributed by atoms with van der Waals surface area (Å²) >= 11 is 6.04. The van der Waals surface area contributed by atoms with Gasteiger partial charge in [-0.15, -0.1) is 0 Å². The second-order valence-electron chi connectivity index (χ2n) is 6.42. The van der Waals surface area contributed by atoms with E-state index in [0.29, 0.717) is 17.1 Å². The Bertz CT molecular complexity index is 1100. The van der Waals surface area contributed by atoms with Crippen molar-refractivity contribution in [1.82, 2.24) is 4.90 Å². The van der Waals surface area contributed by atoms with Crippen molar-refractivity contribution >= 4 is 58.2 Å². The molecule has 1 unspecified atom stereocenters. The minimum atomic E-state index is -1.38. The third-order valence-electron chi connectivity index (χ3n) is 4.37. The fraction of sp³-hybridized carbons (Fsp3) is 0.150. The quantitative estimate of drug-likeness (QED) is 0.396. The van der Waals surface area contributed by atoms with E-state index in [2.05, 4.69) is 0 Å². The van der Waals surface area contributed by atoms with Crippen molar-refractivity contribution in [2.24, 2.45) is 0 Å². The summed E-state index contributed by atoms with van der Waals surface area (Å²) in [6.07, 6.45) is 0.724. The first-order chi connectivity index (χ1) is 14.7. The smallest absolute Gasteiger partial charge is 0.335 e. The summed E-state index contributed by atoms with van der Waals surface area (Å²) in [4.78, 5) is 47.1.